The number of hydrogen-bond acceptors (Lipinski definition) is 5. The maximum Gasteiger partial charge on any atom is 0.387 e. The van der Waals surface area contributed by atoms with Crippen LogP contribution in [0.3, 0.4) is 0 Å². The van der Waals surface area contributed by atoms with Crippen molar-refractivity contribution in [3.8, 4) is 5.75 Å². The van der Waals surface area contributed by atoms with Gasteiger partial charge in [-0.05, 0) is 31.9 Å². The molecule has 9 heteroatoms. The monoisotopic (exact) mass is 384 g/mol. The van der Waals surface area contributed by atoms with Gasteiger partial charge in [0, 0.05) is 13.0 Å². The van der Waals surface area contributed by atoms with Crippen molar-refractivity contribution < 1.29 is 32.6 Å². The number of esters is 1. The van der Waals surface area contributed by atoms with Crippen LogP contribution in [0.1, 0.15) is 32.6 Å². The van der Waals surface area contributed by atoms with Gasteiger partial charge in [0.25, 0.3) is 5.91 Å². The van der Waals surface area contributed by atoms with Crippen LogP contribution in [0.2, 0.25) is 0 Å². The molecule has 0 saturated carbocycles. The van der Waals surface area contributed by atoms with E-state index in [9.17, 15) is 23.2 Å². The Morgan fingerprint density at radius 2 is 1.96 bits per heavy atom. The van der Waals surface area contributed by atoms with Gasteiger partial charge in [-0.2, -0.15) is 8.78 Å². The molecule has 1 aromatic rings. The minimum absolute atomic E-state index is 0.0356. The molecule has 0 spiro atoms. The van der Waals surface area contributed by atoms with E-state index >= 15 is 0 Å². The molecule has 0 aromatic heterocycles. The van der Waals surface area contributed by atoms with Crippen LogP contribution < -0.4 is 10.1 Å². The molecule has 1 atom stereocenters. The fraction of sp³-hybridized carbons (Fsp3) is 0.500. The van der Waals surface area contributed by atoms with E-state index in [4.69, 9.17) is 4.74 Å². The zero-order valence-corrected chi connectivity index (χ0v) is 15.0. The molecule has 1 saturated heterocycles. The van der Waals surface area contributed by atoms with Gasteiger partial charge in [-0.3, -0.25) is 14.4 Å². The van der Waals surface area contributed by atoms with E-state index in [2.05, 4.69) is 10.1 Å². The predicted octanol–water partition coefficient (Wildman–Crippen LogP) is 2.56. The second-order valence-corrected chi connectivity index (χ2v) is 6.12. The lowest BCUT2D eigenvalue weighted by molar-refractivity contribution is -0.156. The Hall–Kier alpha value is -2.71. The number of amides is 2. The molecule has 2 rings (SSSR count). The summed E-state index contributed by atoms with van der Waals surface area (Å²) < 4.78 is 34.2. The van der Waals surface area contributed by atoms with Crippen LogP contribution in [0.4, 0.5) is 14.5 Å². The maximum atomic E-state index is 12.4. The molecule has 1 aromatic carbocycles. The van der Waals surface area contributed by atoms with E-state index in [0.29, 0.717) is 13.0 Å². The number of halogens is 2. The molecule has 0 bridgehead atoms. The molecule has 1 heterocycles. The molecule has 148 valence electrons. The highest BCUT2D eigenvalue weighted by Gasteiger charge is 2.24. The Labute approximate surface area is 155 Å². The van der Waals surface area contributed by atoms with E-state index in [0.717, 1.165) is 19.3 Å². The summed E-state index contributed by atoms with van der Waals surface area (Å²) in [6.07, 6.45) is 1.76. The Kier molecular flexibility index (Phi) is 7.51. The lowest BCUT2D eigenvalue weighted by Crippen LogP contribution is -2.38. The lowest BCUT2D eigenvalue weighted by Gasteiger charge is -2.21. The van der Waals surface area contributed by atoms with E-state index in [1.165, 1.54) is 36.1 Å². The highest BCUT2D eigenvalue weighted by Crippen LogP contribution is 2.25. The van der Waals surface area contributed by atoms with Gasteiger partial charge >= 0.3 is 12.6 Å². The van der Waals surface area contributed by atoms with Crippen LogP contribution in [-0.2, 0) is 19.1 Å². The summed E-state index contributed by atoms with van der Waals surface area (Å²) in [5.41, 5.74) is 0.0356. The third-order valence-electron chi connectivity index (χ3n) is 4.03. The number of nitrogens with one attached hydrogen (secondary N) is 1. The summed E-state index contributed by atoms with van der Waals surface area (Å²) in [4.78, 5) is 37.5. The Bertz CT molecular complexity index is 683. The lowest BCUT2D eigenvalue weighted by atomic mass is 10.2. The van der Waals surface area contributed by atoms with E-state index in [1.54, 1.807) is 0 Å². The third-order valence-corrected chi connectivity index (χ3v) is 4.03. The Balaban J connectivity index is 1.90. The average molecular weight is 384 g/mol. The molecule has 1 aliphatic heterocycles. The van der Waals surface area contributed by atoms with Gasteiger partial charge in [0.15, 0.2) is 6.10 Å². The molecular weight excluding hydrogens is 362 g/mol. The van der Waals surface area contributed by atoms with Crippen molar-refractivity contribution >= 4 is 23.5 Å². The highest BCUT2D eigenvalue weighted by molar-refractivity contribution is 5.96. The smallest absolute Gasteiger partial charge is 0.387 e. The number of para-hydroxylation sites is 2. The third kappa shape index (κ3) is 6.50. The number of carbonyl (C=O) groups excluding carboxylic acids is 3. The molecular formula is C18H22F2N2O5. The Morgan fingerprint density at radius 1 is 1.22 bits per heavy atom. The minimum atomic E-state index is -3.04. The first kappa shape index (κ1) is 20.6. The number of nitrogens with zero attached hydrogens (tertiary/aromatic N) is 1. The average Bonchev–Trinajstić information content (AvgIpc) is 2.80. The van der Waals surface area contributed by atoms with Crippen molar-refractivity contribution in [1.82, 2.24) is 4.90 Å². The number of benzene rings is 1. The molecule has 0 unspecified atom stereocenters. The van der Waals surface area contributed by atoms with Crippen LogP contribution in [0.15, 0.2) is 24.3 Å². The summed E-state index contributed by atoms with van der Waals surface area (Å²) in [6, 6.07) is 5.69. The van der Waals surface area contributed by atoms with Crippen LogP contribution in [0.25, 0.3) is 0 Å². The normalized spacial score (nSPS) is 15.9. The first-order chi connectivity index (χ1) is 12.9. The van der Waals surface area contributed by atoms with Crippen molar-refractivity contribution in [3.63, 3.8) is 0 Å². The second kappa shape index (κ2) is 9.84. The minimum Gasteiger partial charge on any atom is -0.451 e. The van der Waals surface area contributed by atoms with Crippen LogP contribution in [0.5, 0.6) is 5.75 Å². The zero-order chi connectivity index (χ0) is 19.8. The number of likely N-dealkylation sites (tertiary alicyclic amines) is 1. The van der Waals surface area contributed by atoms with Gasteiger partial charge in [-0.1, -0.05) is 18.6 Å². The summed E-state index contributed by atoms with van der Waals surface area (Å²) in [6.45, 7) is -1.42. The van der Waals surface area contributed by atoms with Gasteiger partial charge in [0.05, 0.1) is 5.69 Å². The van der Waals surface area contributed by atoms with Gasteiger partial charge in [-0.25, -0.2) is 0 Å². The maximum absolute atomic E-state index is 12.4. The predicted molar refractivity (Wildman–Crippen MR) is 92.3 cm³/mol. The fourth-order valence-electron chi connectivity index (χ4n) is 2.65. The van der Waals surface area contributed by atoms with E-state index in [1.807, 2.05) is 0 Å². The van der Waals surface area contributed by atoms with Crippen molar-refractivity contribution in [2.24, 2.45) is 0 Å². The van der Waals surface area contributed by atoms with Gasteiger partial charge < -0.3 is 19.7 Å². The van der Waals surface area contributed by atoms with Gasteiger partial charge in [0.2, 0.25) is 5.91 Å². The van der Waals surface area contributed by atoms with Gasteiger partial charge in [-0.15, -0.1) is 0 Å². The van der Waals surface area contributed by atoms with E-state index in [-0.39, 0.29) is 23.9 Å². The topological polar surface area (TPSA) is 84.9 Å². The van der Waals surface area contributed by atoms with Crippen LogP contribution in [-0.4, -0.2) is 48.5 Å². The van der Waals surface area contributed by atoms with Crippen molar-refractivity contribution in [2.45, 2.75) is 45.3 Å². The first-order valence-corrected chi connectivity index (χ1v) is 8.69. The number of anilines is 1. The molecule has 7 nitrogen and oxygen atoms in total. The van der Waals surface area contributed by atoms with Crippen LogP contribution >= 0.6 is 0 Å². The molecule has 1 N–H and O–H groups in total. The molecule has 2 amide bonds. The van der Waals surface area contributed by atoms with Gasteiger partial charge in [0.1, 0.15) is 12.3 Å². The Morgan fingerprint density at radius 3 is 2.70 bits per heavy atom. The molecule has 27 heavy (non-hydrogen) atoms. The quantitative estimate of drug-likeness (QED) is 0.731. The number of carbonyl (C=O) groups is 3. The summed E-state index contributed by atoms with van der Waals surface area (Å²) in [5, 5.41) is 2.39. The first-order valence-electron chi connectivity index (χ1n) is 8.69. The van der Waals surface area contributed by atoms with E-state index < -0.39 is 24.6 Å². The molecule has 1 fully saturated rings. The largest absolute Gasteiger partial charge is 0.451 e. The number of ether oxygens (including phenoxy) is 2. The highest BCUT2D eigenvalue weighted by atomic mass is 19.3. The number of rotatable bonds is 7. The SMILES string of the molecule is C[C@H](OC(=O)CN1CCCCCC1=O)C(=O)Nc1ccccc1OC(F)F. The zero-order valence-electron chi connectivity index (χ0n) is 15.0. The van der Waals surface area contributed by atoms with Crippen molar-refractivity contribution in [2.75, 3.05) is 18.4 Å². The van der Waals surface area contributed by atoms with Crippen molar-refractivity contribution in [1.29, 1.82) is 0 Å². The molecule has 0 aliphatic carbocycles. The fourth-order valence-corrected chi connectivity index (χ4v) is 2.65. The standard InChI is InChI=1S/C18H22F2N2O5/c1-12(26-16(24)11-22-10-6-2-3-9-15(22)23)17(25)21-13-7-4-5-8-14(13)27-18(19)20/h4-5,7-8,12,18H,2-3,6,9-11H2,1H3,(H,21,25)/t12-/m0/s1. The molecule has 0 radical (unpaired) electrons. The summed E-state index contributed by atoms with van der Waals surface area (Å²) in [5.74, 6) is -1.71. The summed E-state index contributed by atoms with van der Waals surface area (Å²) in [7, 11) is 0. The number of alkyl halides is 2. The molecule has 1 aliphatic rings. The van der Waals surface area contributed by atoms with Crippen molar-refractivity contribution in [3.05, 3.63) is 24.3 Å². The second-order valence-electron chi connectivity index (χ2n) is 6.12. The number of hydrogen-bond donors (Lipinski definition) is 1. The summed E-state index contributed by atoms with van der Waals surface area (Å²) >= 11 is 0. The van der Waals surface area contributed by atoms with Crippen LogP contribution in [0, 0.1) is 0 Å².